The van der Waals surface area contributed by atoms with Crippen LogP contribution in [0.4, 0.5) is 15.8 Å². The molecule has 0 aliphatic carbocycles. The maximum absolute atomic E-state index is 13.0. The number of halogens is 1. The molecule has 1 N–H and O–H groups in total. The Labute approximate surface area is 146 Å². The van der Waals surface area contributed by atoms with E-state index in [-0.39, 0.29) is 10.8 Å². The van der Waals surface area contributed by atoms with Gasteiger partial charge in [0.15, 0.2) is 0 Å². The van der Waals surface area contributed by atoms with Crippen LogP contribution in [-0.2, 0) is 21.2 Å². The number of sulfonamides is 1. The standard InChI is InChI=1S/C18H19FN2O3S/c1-2-11-21-17-9-6-15(12-13(17)3-10-18(21)22)20-25(23,24)16-7-4-14(19)5-8-16/h4-9,12,20H,2-3,10-11H2,1H3. The molecule has 7 heteroatoms. The predicted molar refractivity (Wildman–Crippen MR) is 94.6 cm³/mol. The zero-order chi connectivity index (χ0) is 18.0. The number of carbonyl (C=O) groups is 1. The van der Waals surface area contributed by atoms with Crippen LogP contribution in [0.1, 0.15) is 25.3 Å². The summed E-state index contributed by atoms with van der Waals surface area (Å²) in [5.41, 5.74) is 2.20. The minimum Gasteiger partial charge on any atom is -0.312 e. The van der Waals surface area contributed by atoms with Crippen molar-refractivity contribution < 1.29 is 17.6 Å². The van der Waals surface area contributed by atoms with E-state index in [1.54, 1.807) is 23.1 Å². The molecule has 0 spiro atoms. The second-order valence-corrected chi connectivity index (χ2v) is 7.63. The largest absolute Gasteiger partial charge is 0.312 e. The molecule has 1 amide bonds. The van der Waals surface area contributed by atoms with E-state index in [1.807, 2.05) is 6.92 Å². The van der Waals surface area contributed by atoms with E-state index in [0.29, 0.717) is 25.1 Å². The van der Waals surface area contributed by atoms with Crippen molar-refractivity contribution in [1.82, 2.24) is 0 Å². The van der Waals surface area contributed by atoms with Gasteiger partial charge in [-0.1, -0.05) is 6.92 Å². The van der Waals surface area contributed by atoms with Gasteiger partial charge in [0, 0.05) is 24.3 Å². The van der Waals surface area contributed by atoms with Crippen LogP contribution < -0.4 is 9.62 Å². The fraction of sp³-hybridized carbons (Fsp3) is 0.278. The number of benzene rings is 2. The van der Waals surface area contributed by atoms with Gasteiger partial charge in [0.1, 0.15) is 5.82 Å². The topological polar surface area (TPSA) is 66.5 Å². The van der Waals surface area contributed by atoms with Crippen LogP contribution in [0.25, 0.3) is 0 Å². The van der Waals surface area contributed by atoms with Gasteiger partial charge in [0.25, 0.3) is 10.0 Å². The summed E-state index contributed by atoms with van der Waals surface area (Å²) in [6.07, 6.45) is 1.85. The number of hydrogen-bond acceptors (Lipinski definition) is 3. The van der Waals surface area contributed by atoms with Gasteiger partial charge in [-0.05, 0) is 60.9 Å². The molecule has 0 fully saturated rings. The van der Waals surface area contributed by atoms with E-state index < -0.39 is 15.8 Å². The van der Waals surface area contributed by atoms with Gasteiger partial charge in [-0.15, -0.1) is 0 Å². The molecule has 1 heterocycles. The summed E-state index contributed by atoms with van der Waals surface area (Å²) in [5.74, 6) is -0.401. The summed E-state index contributed by atoms with van der Waals surface area (Å²) in [5, 5.41) is 0. The predicted octanol–water partition coefficient (Wildman–Crippen LogP) is 3.32. The minimum atomic E-state index is -3.79. The van der Waals surface area contributed by atoms with Crippen LogP contribution in [0.15, 0.2) is 47.4 Å². The summed E-state index contributed by atoms with van der Waals surface area (Å²) in [4.78, 5) is 13.8. The van der Waals surface area contributed by atoms with Crippen molar-refractivity contribution in [3.8, 4) is 0 Å². The Morgan fingerprint density at radius 3 is 2.52 bits per heavy atom. The Bertz CT molecular complexity index is 895. The first kappa shape index (κ1) is 17.4. The normalized spacial score (nSPS) is 14.3. The molecule has 1 aliphatic heterocycles. The molecule has 0 saturated carbocycles. The van der Waals surface area contributed by atoms with Crippen molar-refractivity contribution in [3.05, 3.63) is 53.8 Å². The highest BCUT2D eigenvalue weighted by atomic mass is 32.2. The van der Waals surface area contributed by atoms with E-state index >= 15 is 0 Å². The molecular formula is C18H19FN2O3S. The Hall–Kier alpha value is -2.41. The van der Waals surface area contributed by atoms with Crippen molar-refractivity contribution in [3.63, 3.8) is 0 Å². The minimum absolute atomic E-state index is 0.00518. The zero-order valence-corrected chi connectivity index (χ0v) is 14.6. The fourth-order valence-corrected chi connectivity index (χ4v) is 3.97. The number of hydrogen-bond donors (Lipinski definition) is 1. The van der Waals surface area contributed by atoms with Crippen LogP contribution in [0.5, 0.6) is 0 Å². The van der Waals surface area contributed by atoms with Gasteiger partial charge in [-0.2, -0.15) is 0 Å². The number of carbonyl (C=O) groups excluding carboxylic acids is 1. The number of amides is 1. The average molecular weight is 362 g/mol. The Morgan fingerprint density at radius 1 is 1.12 bits per heavy atom. The lowest BCUT2D eigenvalue weighted by Crippen LogP contribution is -2.35. The monoisotopic (exact) mass is 362 g/mol. The van der Waals surface area contributed by atoms with Gasteiger partial charge >= 0.3 is 0 Å². The summed E-state index contributed by atoms with van der Waals surface area (Å²) in [7, 11) is -3.79. The van der Waals surface area contributed by atoms with Crippen LogP contribution in [0.2, 0.25) is 0 Å². The fourth-order valence-electron chi connectivity index (χ4n) is 2.92. The van der Waals surface area contributed by atoms with Crippen LogP contribution in [-0.4, -0.2) is 20.9 Å². The third-order valence-electron chi connectivity index (χ3n) is 4.10. The van der Waals surface area contributed by atoms with Gasteiger partial charge < -0.3 is 4.90 Å². The SMILES string of the molecule is CCCN1C(=O)CCc2cc(NS(=O)(=O)c3ccc(F)cc3)ccc21. The first-order valence-electron chi connectivity index (χ1n) is 8.12. The molecule has 0 radical (unpaired) electrons. The maximum atomic E-state index is 13.0. The van der Waals surface area contributed by atoms with Crippen molar-refractivity contribution >= 4 is 27.3 Å². The summed E-state index contributed by atoms with van der Waals surface area (Å²) in [6.45, 7) is 2.65. The molecule has 25 heavy (non-hydrogen) atoms. The van der Waals surface area contributed by atoms with Gasteiger partial charge in [0.05, 0.1) is 4.90 Å². The maximum Gasteiger partial charge on any atom is 0.261 e. The van der Waals surface area contributed by atoms with Crippen molar-refractivity contribution in [2.75, 3.05) is 16.2 Å². The van der Waals surface area contributed by atoms with E-state index in [1.165, 1.54) is 12.1 Å². The molecule has 0 bridgehead atoms. The molecular weight excluding hydrogens is 343 g/mol. The van der Waals surface area contributed by atoms with Crippen molar-refractivity contribution in [1.29, 1.82) is 0 Å². The Balaban J connectivity index is 1.87. The molecule has 2 aromatic carbocycles. The summed E-state index contributed by atoms with van der Waals surface area (Å²) in [6, 6.07) is 9.82. The number of nitrogens with one attached hydrogen (secondary N) is 1. The van der Waals surface area contributed by atoms with E-state index in [2.05, 4.69) is 4.72 Å². The molecule has 0 atom stereocenters. The average Bonchev–Trinajstić information content (AvgIpc) is 2.57. The quantitative estimate of drug-likeness (QED) is 0.887. The lowest BCUT2D eigenvalue weighted by molar-refractivity contribution is -0.118. The third kappa shape index (κ3) is 3.66. The Morgan fingerprint density at radius 2 is 1.84 bits per heavy atom. The van der Waals surface area contributed by atoms with Crippen molar-refractivity contribution in [2.45, 2.75) is 31.1 Å². The van der Waals surface area contributed by atoms with Crippen molar-refractivity contribution in [2.24, 2.45) is 0 Å². The molecule has 3 rings (SSSR count). The molecule has 1 aliphatic rings. The highest BCUT2D eigenvalue weighted by Gasteiger charge is 2.24. The lowest BCUT2D eigenvalue weighted by Gasteiger charge is -2.29. The number of anilines is 2. The van der Waals surface area contributed by atoms with E-state index in [0.717, 1.165) is 29.8 Å². The van der Waals surface area contributed by atoms with E-state index in [9.17, 15) is 17.6 Å². The molecule has 0 unspecified atom stereocenters. The number of aryl methyl sites for hydroxylation is 1. The number of fused-ring (bicyclic) bond motifs is 1. The van der Waals surface area contributed by atoms with Crippen LogP contribution in [0.3, 0.4) is 0 Å². The molecule has 0 aromatic heterocycles. The van der Waals surface area contributed by atoms with Gasteiger partial charge in [0.2, 0.25) is 5.91 Å². The van der Waals surface area contributed by atoms with E-state index in [4.69, 9.17) is 0 Å². The smallest absolute Gasteiger partial charge is 0.261 e. The summed E-state index contributed by atoms with van der Waals surface area (Å²) < 4.78 is 40.3. The molecule has 5 nitrogen and oxygen atoms in total. The Kier molecular flexibility index (Phi) is 4.76. The third-order valence-corrected chi connectivity index (χ3v) is 5.50. The second-order valence-electron chi connectivity index (χ2n) is 5.95. The molecule has 2 aromatic rings. The number of rotatable bonds is 5. The highest BCUT2D eigenvalue weighted by Crippen LogP contribution is 2.31. The molecule has 132 valence electrons. The van der Waals surface area contributed by atoms with Crippen LogP contribution in [0, 0.1) is 5.82 Å². The first-order chi connectivity index (χ1) is 11.9. The zero-order valence-electron chi connectivity index (χ0n) is 13.8. The van der Waals surface area contributed by atoms with Gasteiger partial charge in [-0.25, -0.2) is 12.8 Å². The second kappa shape index (κ2) is 6.84. The molecule has 0 saturated heterocycles. The highest BCUT2D eigenvalue weighted by molar-refractivity contribution is 7.92. The van der Waals surface area contributed by atoms with Crippen LogP contribution >= 0.6 is 0 Å². The van der Waals surface area contributed by atoms with Gasteiger partial charge in [-0.3, -0.25) is 9.52 Å². The number of nitrogens with zero attached hydrogens (tertiary/aromatic N) is 1. The lowest BCUT2D eigenvalue weighted by atomic mass is 10.0. The summed E-state index contributed by atoms with van der Waals surface area (Å²) >= 11 is 0. The first-order valence-corrected chi connectivity index (χ1v) is 9.60.